The van der Waals surface area contributed by atoms with Gasteiger partial charge in [0.15, 0.2) is 11.5 Å². The second-order valence-electron chi connectivity index (χ2n) is 10.7. The van der Waals surface area contributed by atoms with Crippen molar-refractivity contribution in [1.29, 1.82) is 0 Å². The highest BCUT2D eigenvalue weighted by Crippen LogP contribution is 2.52. The molecule has 6 aromatic carbocycles. The maximum absolute atomic E-state index is 6.47. The molecule has 3 heterocycles. The third-order valence-electron chi connectivity index (χ3n) is 8.21. The Morgan fingerprint density at radius 2 is 1.05 bits per heavy atom. The Hall–Kier alpha value is -5.74. The number of benzene rings is 6. The Kier molecular flexibility index (Phi) is 4.87. The number of hydrogen-bond donors (Lipinski definition) is 1. The lowest BCUT2D eigenvalue weighted by molar-refractivity contribution is 0.481. The molecule has 2 aromatic heterocycles. The number of nitrogens with zero attached hydrogens (tertiary/aromatic N) is 2. The van der Waals surface area contributed by atoms with Crippen LogP contribution in [0.1, 0.15) is 0 Å². The molecule has 4 heteroatoms. The number of ether oxygens (including phenoxy) is 1. The van der Waals surface area contributed by atoms with E-state index in [1.807, 2.05) is 30.3 Å². The number of rotatable bonds is 2. The van der Waals surface area contributed by atoms with E-state index in [-0.39, 0.29) is 0 Å². The summed E-state index contributed by atoms with van der Waals surface area (Å²) in [4.78, 5) is 10.1. The Bertz CT molecular complexity index is 2380. The van der Waals surface area contributed by atoms with Crippen molar-refractivity contribution in [3.05, 3.63) is 133 Å². The molecule has 0 atom stereocenters. The molecule has 0 spiro atoms. The van der Waals surface area contributed by atoms with E-state index in [9.17, 15) is 0 Å². The average Bonchev–Trinajstić information content (AvgIpc) is 3.04. The Morgan fingerprint density at radius 3 is 1.79 bits per heavy atom. The van der Waals surface area contributed by atoms with Crippen LogP contribution in [0.2, 0.25) is 0 Å². The number of pyridine rings is 2. The minimum atomic E-state index is 0.794. The van der Waals surface area contributed by atoms with Crippen molar-refractivity contribution in [2.75, 3.05) is 5.32 Å². The van der Waals surface area contributed by atoms with Crippen LogP contribution in [0.15, 0.2) is 133 Å². The van der Waals surface area contributed by atoms with Gasteiger partial charge < -0.3 is 10.1 Å². The third kappa shape index (κ3) is 3.49. The van der Waals surface area contributed by atoms with Gasteiger partial charge in [-0.15, -0.1) is 0 Å². The van der Waals surface area contributed by atoms with Crippen LogP contribution in [0.25, 0.3) is 65.9 Å². The highest BCUT2D eigenvalue weighted by Gasteiger charge is 2.25. The molecule has 196 valence electrons. The number of anilines is 2. The summed E-state index contributed by atoms with van der Waals surface area (Å²) in [5, 5.41) is 8.17. The van der Waals surface area contributed by atoms with Gasteiger partial charge in [0.1, 0.15) is 0 Å². The SMILES string of the molecule is c1ccc2c(c1)Nc1c(ccc(-c3cccc4nc5ccccc5cc34)c1-c1cccc3nc4ccccc4cc13)O2. The molecule has 0 bridgehead atoms. The second-order valence-corrected chi connectivity index (χ2v) is 10.7. The van der Waals surface area contributed by atoms with Crippen LogP contribution in [-0.4, -0.2) is 9.97 Å². The van der Waals surface area contributed by atoms with Gasteiger partial charge in [-0.1, -0.05) is 72.8 Å². The van der Waals surface area contributed by atoms with Crippen LogP contribution in [0.5, 0.6) is 11.5 Å². The van der Waals surface area contributed by atoms with Gasteiger partial charge >= 0.3 is 0 Å². The quantitative estimate of drug-likeness (QED) is 0.223. The minimum Gasteiger partial charge on any atom is -0.453 e. The first-order valence-corrected chi connectivity index (χ1v) is 14.1. The Balaban J connectivity index is 1.39. The summed E-state index contributed by atoms with van der Waals surface area (Å²) < 4.78 is 6.47. The van der Waals surface area contributed by atoms with Crippen molar-refractivity contribution in [1.82, 2.24) is 9.97 Å². The maximum Gasteiger partial charge on any atom is 0.151 e. The molecule has 8 aromatic rings. The molecule has 1 N–H and O–H groups in total. The molecule has 1 aliphatic heterocycles. The van der Waals surface area contributed by atoms with Crippen LogP contribution >= 0.6 is 0 Å². The molecule has 0 radical (unpaired) electrons. The topological polar surface area (TPSA) is 47.0 Å². The maximum atomic E-state index is 6.47. The normalized spacial score (nSPS) is 12.2. The smallest absolute Gasteiger partial charge is 0.151 e. The molecule has 0 unspecified atom stereocenters. The van der Waals surface area contributed by atoms with Crippen molar-refractivity contribution in [2.24, 2.45) is 0 Å². The van der Waals surface area contributed by atoms with E-state index in [1.54, 1.807) is 0 Å². The Morgan fingerprint density at radius 1 is 0.452 bits per heavy atom. The van der Waals surface area contributed by atoms with Crippen LogP contribution < -0.4 is 10.1 Å². The highest BCUT2D eigenvalue weighted by molar-refractivity contribution is 6.11. The zero-order chi connectivity index (χ0) is 27.6. The molecule has 0 saturated heterocycles. The number of aromatic nitrogens is 2. The average molecular weight is 538 g/mol. The fourth-order valence-corrected chi connectivity index (χ4v) is 6.26. The third-order valence-corrected chi connectivity index (χ3v) is 8.21. The largest absolute Gasteiger partial charge is 0.453 e. The van der Waals surface area contributed by atoms with Crippen molar-refractivity contribution in [2.45, 2.75) is 0 Å². The lowest BCUT2D eigenvalue weighted by Crippen LogP contribution is -2.05. The minimum absolute atomic E-state index is 0.794. The number of para-hydroxylation sites is 4. The fourth-order valence-electron chi connectivity index (χ4n) is 6.26. The first kappa shape index (κ1) is 23.0. The van der Waals surface area contributed by atoms with E-state index in [4.69, 9.17) is 14.7 Å². The molecule has 1 aliphatic rings. The predicted octanol–water partition coefficient (Wildman–Crippen LogP) is 10.3. The molecule has 0 saturated carbocycles. The summed E-state index contributed by atoms with van der Waals surface area (Å²) >= 11 is 0. The van der Waals surface area contributed by atoms with Gasteiger partial charge in [0, 0.05) is 27.1 Å². The van der Waals surface area contributed by atoms with Crippen molar-refractivity contribution >= 4 is 55.0 Å². The first-order chi connectivity index (χ1) is 20.8. The van der Waals surface area contributed by atoms with E-state index >= 15 is 0 Å². The lowest BCUT2D eigenvalue weighted by atomic mass is 9.88. The summed E-state index contributed by atoms with van der Waals surface area (Å²) in [6.07, 6.45) is 0. The molecular formula is C38H23N3O. The molecule has 0 aliphatic carbocycles. The number of nitrogens with one attached hydrogen (secondary N) is 1. The Labute approximate surface area is 241 Å². The van der Waals surface area contributed by atoms with Gasteiger partial charge in [-0.05, 0) is 77.4 Å². The van der Waals surface area contributed by atoms with E-state index < -0.39 is 0 Å². The standard InChI is InChI=1S/C38H23N3O/c1-3-13-30-23(9-1)21-28-25(11-7-16-32(28)39-30)27-19-20-36-38(41-34-15-5-6-18-35(34)42-36)37(27)26-12-8-17-33-29(26)22-24-10-2-4-14-31(24)40-33/h1-22,41H. The van der Waals surface area contributed by atoms with E-state index in [0.717, 1.165) is 88.7 Å². The summed E-state index contributed by atoms with van der Waals surface area (Å²) in [6.45, 7) is 0. The van der Waals surface area contributed by atoms with E-state index in [0.29, 0.717) is 0 Å². The van der Waals surface area contributed by atoms with Gasteiger partial charge in [0.05, 0.1) is 33.4 Å². The van der Waals surface area contributed by atoms with Crippen LogP contribution in [0.3, 0.4) is 0 Å². The molecule has 9 rings (SSSR count). The monoisotopic (exact) mass is 537 g/mol. The van der Waals surface area contributed by atoms with Crippen molar-refractivity contribution in [3.63, 3.8) is 0 Å². The molecule has 0 amide bonds. The van der Waals surface area contributed by atoms with E-state index in [1.165, 1.54) is 0 Å². The van der Waals surface area contributed by atoms with Crippen LogP contribution in [-0.2, 0) is 0 Å². The van der Waals surface area contributed by atoms with Crippen molar-refractivity contribution in [3.8, 4) is 33.8 Å². The summed E-state index contributed by atoms with van der Waals surface area (Å²) in [5.41, 5.74) is 10.2. The molecular weight excluding hydrogens is 514 g/mol. The van der Waals surface area contributed by atoms with Gasteiger partial charge in [-0.2, -0.15) is 0 Å². The summed E-state index contributed by atoms with van der Waals surface area (Å²) in [5.74, 6) is 1.61. The van der Waals surface area contributed by atoms with Gasteiger partial charge in [-0.25, -0.2) is 9.97 Å². The summed E-state index contributed by atoms with van der Waals surface area (Å²) in [6, 6.07) is 46.2. The highest BCUT2D eigenvalue weighted by atomic mass is 16.5. The zero-order valence-electron chi connectivity index (χ0n) is 22.5. The fraction of sp³-hybridized carbons (Fsp3) is 0. The van der Waals surface area contributed by atoms with Crippen LogP contribution in [0.4, 0.5) is 11.4 Å². The molecule has 42 heavy (non-hydrogen) atoms. The predicted molar refractivity (Wildman–Crippen MR) is 173 cm³/mol. The van der Waals surface area contributed by atoms with Gasteiger partial charge in [0.2, 0.25) is 0 Å². The molecule has 4 nitrogen and oxygen atoms in total. The van der Waals surface area contributed by atoms with Crippen molar-refractivity contribution < 1.29 is 4.74 Å². The number of hydrogen-bond acceptors (Lipinski definition) is 4. The molecule has 0 fully saturated rings. The number of fused-ring (bicyclic) bond motifs is 6. The first-order valence-electron chi connectivity index (χ1n) is 14.1. The lowest BCUT2D eigenvalue weighted by Gasteiger charge is -2.26. The summed E-state index contributed by atoms with van der Waals surface area (Å²) in [7, 11) is 0. The van der Waals surface area contributed by atoms with Gasteiger partial charge in [0.25, 0.3) is 0 Å². The second kappa shape index (κ2) is 8.88. The van der Waals surface area contributed by atoms with Crippen LogP contribution in [0, 0.1) is 0 Å². The zero-order valence-corrected chi connectivity index (χ0v) is 22.5. The van der Waals surface area contributed by atoms with E-state index in [2.05, 4.69) is 108 Å². The van der Waals surface area contributed by atoms with Gasteiger partial charge in [-0.3, -0.25) is 0 Å².